The molecule has 2 aromatic rings. The first-order valence-corrected chi connectivity index (χ1v) is 11.7. The molecule has 2 unspecified atom stereocenters. The average molecular weight is 511 g/mol. The molecule has 188 valence electrons. The fraction of sp³-hybridized carbons (Fsp3) is 0.522. The quantitative estimate of drug-likeness (QED) is 0.618. The highest BCUT2D eigenvalue weighted by molar-refractivity contribution is 6.33. The minimum absolute atomic E-state index is 0.102. The van der Waals surface area contributed by atoms with Crippen molar-refractivity contribution in [1.82, 2.24) is 14.9 Å². The van der Waals surface area contributed by atoms with Gasteiger partial charge in [-0.15, -0.1) is 0 Å². The summed E-state index contributed by atoms with van der Waals surface area (Å²) in [6.45, 7) is 3.60. The van der Waals surface area contributed by atoms with Crippen LogP contribution in [0.25, 0.3) is 0 Å². The van der Waals surface area contributed by atoms with Gasteiger partial charge in [-0.2, -0.15) is 4.98 Å². The monoisotopic (exact) mass is 510 g/mol. The van der Waals surface area contributed by atoms with Crippen LogP contribution in [0.1, 0.15) is 19.8 Å². The van der Waals surface area contributed by atoms with E-state index in [9.17, 15) is 13.6 Å². The molecule has 2 atom stereocenters. The van der Waals surface area contributed by atoms with Crippen LogP contribution in [0.3, 0.4) is 0 Å². The van der Waals surface area contributed by atoms with E-state index in [0.717, 1.165) is 18.9 Å². The maximum Gasteiger partial charge on any atom is 0.410 e. The molecular weight excluding hydrogens is 486 g/mol. The SMILES string of the molecule is COc1c(Nc2c(F)cc(F)cc2Cl)ncnc1OC1C2COCC1CN(C(=O)OC1(C)CC1)C2. The summed E-state index contributed by atoms with van der Waals surface area (Å²) in [7, 11) is 1.40. The minimum atomic E-state index is -0.885. The van der Waals surface area contributed by atoms with Gasteiger partial charge in [0.2, 0.25) is 5.75 Å². The van der Waals surface area contributed by atoms with Crippen LogP contribution in [-0.2, 0) is 9.47 Å². The Bertz CT molecular complexity index is 1100. The third kappa shape index (κ3) is 4.92. The highest BCUT2D eigenvalue weighted by Gasteiger charge is 2.47. The highest BCUT2D eigenvalue weighted by Crippen LogP contribution is 2.41. The summed E-state index contributed by atoms with van der Waals surface area (Å²) < 4.78 is 50.8. The van der Waals surface area contributed by atoms with Crippen LogP contribution in [0, 0.1) is 23.5 Å². The van der Waals surface area contributed by atoms with Crippen LogP contribution in [0.15, 0.2) is 18.5 Å². The van der Waals surface area contributed by atoms with Crippen molar-refractivity contribution in [2.45, 2.75) is 31.5 Å². The first-order chi connectivity index (χ1) is 16.8. The second kappa shape index (κ2) is 9.27. The zero-order valence-corrected chi connectivity index (χ0v) is 20.0. The lowest BCUT2D eigenvalue weighted by Crippen LogP contribution is -2.59. The number of halogens is 3. The number of benzene rings is 1. The third-order valence-electron chi connectivity index (χ3n) is 6.52. The number of piperidine rings is 1. The Hall–Kier alpha value is -2.92. The van der Waals surface area contributed by atoms with Gasteiger partial charge in [0, 0.05) is 31.0 Å². The molecule has 2 saturated heterocycles. The van der Waals surface area contributed by atoms with Crippen molar-refractivity contribution >= 4 is 29.2 Å². The lowest BCUT2D eigenvalue weighted by molar-refractivity contribution is -0.112. The largest absolute Gasteiger partial charge is 0.489 e. The number of anilines is 2. The maximum atomic E-state index is 14.3. The third-order valence-corrected chi connectivity index (χ3v) is 6.82. The summed E-state index contributed by atoms with van der Waals surface area (Å²) in [6.07, 6.45) is 2.39. The molecule has 3 heterocycles. The number of amides is 1. The number of carbonyl (C=O) groups excluding carboxylic acids is 1. The standard InChI is InChI=1S/C23H25ClF2N4O5/c1-23(3-4-23)35-22(31)30-7-12-9-33-10-13(8-30)18(12)34-21-19(32-2)20(27-11-28-21)29-17-15(24)5-14(25)6-16(17)26/h5-6,11-13,18H,3-4,7-10H2,1-2H3,(H,27,28,29). The normalized spacial score (nSPS) is 24.5. The van der Waals surface area contributed by atoms with Crippen molar-refractivity contribution in [2.75, 3.05) is 38.7 Å². The first-order valence-electron chi connectivity index (χ1n) is 11.3. The molecule has 1 N–H and O–H groups in total. The molecular formula is C23H25ClF2N4O5. The lowest BCUT2D eigenvalue weighted by Gasteiger charge is -2.46. The number of carbonyl (C=O) groups is 1. The van der Waals surface area contributed by atoms with E-state index in [2.05, 4.69) is 15.3 Å². The second-order valence-electron chi connectivity index (χ2n) is 9.29. The van der Waals surface area contributed by atoms with Gasteiger partial charge in [0.1, 0.15) is 23.8 Å². The number of nitrogens with one attached hydrogen (secondary N) is 1. The molecule has 0 radical (unpaired) electrons. The number of fused-ring (bicyclic) bond motifs is 2. The zero-order valence-electron chi connectivity index (χ0n) is 19.2. The number of rotatable bonds is 6. The Morgan fingerprint density at radius 3 is 2.57 bits per heavy atom. The fourth-order valence-corrected chi connectivity index (χ4v) is 4.66. The molecule has 2 aliphatic heterocycles. The number of likely N-dealkylation sites (tertiary alicyclic amines) is 1. The summed E-state index contributed by atoms with van der Waals surface area (Å²) in [6, 6.07) is 1.70. The lowest BCUT2D eigenvalue weighted by atomic mass is 9.84. The molecule has 1 aromatic heterocycles. The molecule has 3 aliphatic rings. The summed E-state index contributed by atoms with van der Waals surface area (Å²) in [5.74, 6) is -1.52. The number of ether oxygens (including phenoxy) is 4. The number of methoxy groups -OCH3 is 1. The van der Waals surface area contributed by atoms with Crippen LogP contribution < -0.4 is 14.8 Å². The summed E-state index contributed by atoms with van der Waals surface area (Å²) in [5.41, 5.74) is -0.502. The Balaban J connectivity index is 1.34. The van der Waals surface area contributed by atoms with Gasteiger partial charge in [-0.25, -0.2) is 18.6 Å². The predicted molar refractivity (Wildman–Crippen MR) is 121 cm³/mol. The topological polar surface area (TPSA) is 95.0 Å². The molecule has 1 amide bonds. The summed E-state index contributed by atoms with van der Waals surface area (Å²) in [5, 5.41) is 2.59. The van der Waals surface area contributed by atoms with Gasteiger partial charge in [-0.05, 0) is 25.8 Å². The Kier molecular flexibility index (Phi) is 6.30. The fourth-order valence-electron chi connectivity index (χ4n) is 4.42. The van der Waals surface area contributed by atoms with Gasteiger partial charge in [-0.3, -0.25) is 0 Å². The molecule has 5 rings (SSSR count). The van der Waals surface area contributed by atoms with Crippen molar-refractivity contribution in [3.8, 4) is 11.6 Å². The first kappa shape index (κ1) is 23.8. The number of hydrogen-bond acceptors (Lipinski definition) is 8. The van der Waals surface area contributed by atoms with Crippen LogP contribution in [0.2, 0.25) is 5.02 Å². The van der Waals surface area contributed by atoms with E-state index in [-0.39, 0.29) is 57.8 Å². The van der Waals surface area contributed by atoms with Crippen molar-refractivity contribution in [1.29, 1.82) is 0 Å². The molecule has 1 saturated carbocycles. The van der Waals surface area contributed by atoms with Crippen LogP contribution >= 0.6 is 11.6 Å². The Morgan fingerprint density at radius 2 is 1.94 bits per heavy atom. The number of nitrogens with zero attached hydrogens (tertiary/aromatic N) is 3. The van der Waals surface area contributed by atoms with Crippen molar-refractivity contribution in [3.05, 3.63) is 35.1 Å². The van der Waals surface area contributed by atoms with Crippen molar-refractivity contribution in [2.24, 2.45) is 11.8 Å². The summed E-state index contributed by atoms with van der Waals surface area (Å²) in [4.78, 5) is 22.7. The molecule has 3 fully saturated rings. The average Bonchev–Trinajstić information content (AvgIpc) is 3.52. The van der Waals surface area contributed by atoms with Crippen LogP contribution in [0.5, 0.6) is 11.6 Å². The van der Waals surface area contributed by atoms with E-state index in [0.29, 0.717) is 32.4 Å². The van der Waals surface area contributed by atoms with E-state index in [4.69, 9.17) is 30.5 Å². The van der Waals surface area contributed by atoms with E-state index < -0.39 is 11.6 Å². The van der Waals surface area contributed by atoms with Gasteiger partial charge in [0.25, 0.3) is 5.88 Å². The van der Waals surface area contributed by atoms with Gasteiger partial charge in [0.05, 0.1) is 31.0 Å². The van der Waals surface area contributed by atoms with E-state index in [1.807, 2.05) is 6.92 Å². The van der Waals surface area contributed by atoms with Gasteiger partial charge < -0.3 is 29.2 Å². The molecule has 0 spiro atoms. The zero-order chi connectivity index (χ0) is 24.7. The molecule has 35 heavy (non-hydrogen) atoms. The molecule has 2 bridgehead atoms. The molecule has 9 nitrogen and oxygen atoms in total. The van der Waals surface area contributed by atoms with Gasteiger partial charge in [-0.1, -0.05) is 11.6 Å². The van der Waals surface area contributed by atoms with E-state index in [1.54, 1.807) is 4.90 Å². The minimum Gasteiger partial charge on any atom is -0.489 e. The van der Waals surface area contributed by atoms with Crippen LogP contribution in [-0.4, -0.2) is 66.1 Å². The summed E-state index contributed by atoms with van der Waals surface area (Å²) >= 11 is 6.01. The van der Waals surface area contributed by atoms with Gasteiger partial charge in [0.15, 0.2) is 11.6 Å². The molecule has 12 heteroatoms. The number of aromatic nitrogens is 2. The van der Waals surface area contributed by atoms with Gasteiger partial charge >= 0.3 is 6.09 Å². The van der Waals surface area contributed by atoms with Crippen molar-refractivity contribution in [3.63, 3.8) is 0 Å². The van der Waals surface area contributed by atoms with Crippen molar-refractivity contribution < 1.29 is 32.5 Å². The Labute approximate surface area is 205 Å². The Morgan fingerprint density at radius 1 is 1.23 bits per heavy atom. The highest BCUT2D eigenvalue weighted by atomic mass is 35.5. The predicted octanol–water partition coefficient (Wildman–Crippen LogP) is 4.18. The van der Waals surface area contributed by atoms with Crippen LogP contribution in [0.4, 0.5) is 25.1 Å². The maximum absolute atomic E-state index is 14.3. The second-order valence-corrected chi connectivity index (χ2v) is 9.70. The van der Waals surface area contributed by atoms with E-state index in [1.165, 1.54) is 13.4 Å². The smallest absolute Gasteiger partial charge is 0.410 e. The molecule has 1 aromatic carbocycles. The number of hydrogen-bond donors (Lipinski definition) is 1. The van der Waals surface area contributed by atoms with E-state index >= 15 is 0 Å². The molecule has 1 aliphatic carbocycles.